The van der Waals surface area contributed by atoms with Gasteiger partial charge in [0.1, 0.15) is 18.2 Å². The van der Waals surface area contributed by atoms with Crippen LogP contribution in [-0.4, -0.2) is 24.0 Å². The van der Waals surface area contributed by atoms with E-state index in [2.05, 4.69) is 4.98 Å². The number of carbonyl (C=O) groups is 1. The molecule has 0 aliphatic carbocycles. The molecule has 0 radical (unpaired) electrons. The highest BCUT2D eigenvalue weighted by molar-refractivity contribution is 5.96. The topological polar surface area (TPSA) is 42.4 Å². The Morgan fingerprint density at radius 1 is 1.08 bits per heavy atom. The molecule has 0 unspecified atom stereocenters. The van der Waals surface area contributed by atoms with Crippen LogP contribution in [0.25, 0.3) is 11.1 Å². The van der Waals surface area contributed by atoms with Crippen molar-refractivity contribution in [1.29, 1.82) is 0 Å². The van der Waals surface area contributed by atoms with Crippen molar-refractivity contribution in [2.45, 2.75) is 6.42 Å². The third-order valence-electron chi connectivity index (χ3n) is 4.36. The van der Waals surface area contributed by atoms with Crippen LogP contribution in [0.4, 0.5) is 10.1 Å². The van der Waals surface area contributed by atoms with E-state index in [1.807, 2.05) is 30.3 Å². The molecule has 1 aliphatic rings. The maximum atomic E-state index is 13.1. The fourth-order valence-electron chi connectivity index (χ4n) is 3.08. The van der Waals surface area contributed by atoms with Gasteiger partial charge in [-0.05, 0) is 41.5 Å². The van der Waals surface area contributed by atoms with Gasteiger partial charge in [0.2, 0.25) is 5.91 Å². The van der Waals surface area contributed by atoms with Crippen molar-refractivity contribution >= 4 is 11.6 Å². The second kappa shape index (κ2) is 6.96. The predicted octanol–water partition coefficient (Wildman–Crippen LogP) is 3.86. The summed E-state index contributed by atoms with van der Waals surface area (Å²) in [6, 6.07) is 15.7. The molecule has 0 fully saturated rings. The Balaban J connectivity index is 1.56. The number of hydrogen-bond acceptors (Lipinski definition) is 3. The van der Waals surface area contributed by atoms with Gasteiger partial charge in [-0.25, -0.2) is 4.39 Å². The van der Waals surface area contributed by atoms with E-state index in [1.54, 1.807) is 29.4 Å². The van der Waals surface area contributed by atoms with E-state index in [-0.39, 0.29) is 18.1 Å². The van der Waals surface area contributed by atoms with Crippen molar-refractivity contribution in [3.05, 3.63) is 78.4 Å². The highest BCUT2D eigenvalue weighted by atomic mass is 19.1. The lowest BCUT2D eigenvalue weighted by Gasteiger charge is -2.29. The number of benzene rings is 2. The van der Waals surface area contributed by atoms with Gasteiger partial charge in [-0.15, -0.1) is 0 Å². The SMILES string of the molecule is O=C(Cc1cncc(-c2ccc(F)cc2)c1)N1CCOc2ccccc21. The smallest absolute Gasteiger partial charge is 0.231 e. The van der Waals surface area contributed by atoms with Crippen LogP contribution in [0.3, 0.4) is 0 Å². The number of anilines is 1. The van der Waals surface area contributed by atoms with Gasteiger partial charge in [0.25, 0.3) is 0 Å². The molecule has 0 saturated carbocycles. The molecule has 130 valence electrons. The lowest BCUT2D eigenvalue weighted by molar-refractivity contribution is -0.118. The van der Waals surface area contributed by atoms with E-state index < -0.39 is 0 Å². The average molecular weight is 348 g/mol. The molecule has 1 aliphatic heterocycles. The Hall–Kier alpha value is -3.21. The normalized spacial score (nSPS) is 13.0. The number of para-hydroxylation sites is 2. The number of pyridine rings is 1. The van der Waals surface area contributed by atoms with E-state index >= 15 is 0 Å². The third kappa shape index (κ3) is 3.28. The summed E-state index contributed by atoms with van der Waals surface area (Å²) in [7, 11) is 0. The molecule has 0 spiro atoms. The molecule has 26 heavy (non-hydrogen) atoms. The lowest BCUT2D eigenvalue weighted by Crippen LogP contribution is -2.38. The Kier molecular flexibility index (Phi) is 4.35. The van der Waals surface area contributed by atoms with Gasteiger partial charge in [0, 0.05) is 18.0 Å². The number of aromatic nitrogens is 1. The first kappa shape index (κ1) is 16.3. The van der Waals surface area contributed by atoms with Crippen LogP contribution in [-0.2, 0) is 11.2 Å². The van der Waals surface area contributed by atoms with Gasteiger partial charge in [-0.2, -0.15) is 0 Å². The van der Waals surface area contributed by atoms with Crippen LogP contribution in [0, 0.1) is 5.82 Å². The molecular weight excluding hydrogens is 331 g/mol. The third-order valence-corrected chi connectivity index (χ3v) is 4.36. The largest absolute Gasteiger partial charge is 0.490 e. The number of nitrogens with zero attached hydrogens (tertiary/aromatic N) is 2. The minimum atomic E-state index is -0.279. The van der Waals surface area contributed by atoms with Gasteiger partial charge in [0.15, 0.2) is 0 Å². The molecule has 4 rings (SSSR count). The molecule has 5 heteroatoms. The summed E-state index contributed by atoms with van der Waals surface area (Å²) in [5.74, 6) is 0.447. The van der Waals surface area contributed by atoms with Crippen LogP contribution in [0.15, 0.2) is 67.0 Å². The molecule has 4 nitrogen and oxygen atoms in total. The Labute approximate surface area is 150 Å². The van der Waals surface area contributed by atoms with Crippen LogP contribution in [0.2, 0.25) is 0 Å². The lowest BCUT2D eigenvalue weighted by atomic mass is 10.0. The van der Waals surface area contributed by atoms with E-state index in [0.717, 1.165) is 28.1 Å². The summed E-state index contributed by atoms with van der Waals surface area (Å²) in [5.41, 5.74) is 3.34. The average Bonchev–Trinajstić information content (AvgIpc) is 2.68. The zero-order valence-corrected chi connectivity index (χ0v) is 14.1. The van der Waals surface area contributed by atoms with Crippen molar-refractivity contribution in [3.8, 4) is 16.9 Å². The van der Waals surface area contributed by atoms with Gasteiger partial charge in [0.05, 0.1) is 18.7 Å². The molecule has 0 saturated heterocycles. The van der Waals surface area contributed by atoms with E-state index in [0.29, 0.717) is 13.2 Å². The summed E-state index contributed by atoms with van der Waals surface area (Å²) in [5, 5.41) is 0. The van der Waals surface area contributed by atoms with E-state index in [1.165, 1.54) is 12.1 Å². The molecule has 0 atom stereocenters. The predicted molar refractivity (Wildman–Crippen MR) is 97.6 cm³/mol. The van der Waals surface area contributed by atoms with Gasteiger partial charge < -0.3 is 9.64 Å². The maximum absolute atomic E-state index is 13.1. The molecule has 0 N–H and O–H groups in total. The second-order valence-corrected chi connectivity index (χ2v) is 6.13. The number of rotatable bonds is 3. The fraction of sp³-hybridized carbons (Fsp3) is 0.143. The highest BCUT2D eigenvalue weighted by Crippen LogP contribution is 2.31. The first-order valence-electron chi connectivity index (χ1n) is 8.43. The molecule has 1 aromatic heterocycles. The first-order chi connectivity index (χ1) is 12.7. The molecular formula is C21H17FN2O2. The Morgan fingerprint density at radius 2 is 1.88 bits per heavy atom. The molecule has 1 amide bonds. The monoisotopic (exact) mass is 348 g/mol. The van der Waals surface area contributed by atoms with Gasteiger partial charge in [-0.3, -0.25) is 9.78 Å². The number of carbonyl (C=O) groups excluding carboxylic acids is 1. The van der Waals surface area contributed by atoms with Crippen LogP contribution in [0.1, 0.15) is 5.56 Å². The molecule has 2 aromatic carbocycles. The standard InChI is InChI=1S/C21H17FN2O2/c22-18-7-5-16(6-8-18)17-11-15(13-23-14-17)12-21(25)24-9-10-26-20-4-2-1-3-19(20)24/h1-8,11,13-14H,9-10,12H2. The van der Waals surface area contributed by atoms with Crippen molar-refractivity contribution < 1.29 is 13.9 Å². The minimum absolute atomic E-state index is 0.00111. The highest BCUT2D eigenvalue weighted by Gasteiger charge is 2.23. The number of halogens is 1. The molecule has 0 bridgehead atoms. The summed E-state index contributed by atoms with van der Waals surface area (Å²) < 4.78 is 18.7. The van der Waals surface area contributed by atoms with Crippen molar-refractivity contribution in [2.75, 3.05) is 18.1 Å². The molecule has 2 heterocycles. The Bertz CT molecular complexity index is 941. The van der Waals surface area contributed by atoms with Crippen molar-refractivity contribution in [3.63, 3.8) is 0 Å². The van der Waals surface area contributed by atoms with Crippen LogP contribution < -0.4 is 9.64 Å². The summed E-state index contributed by atoms with van der Waals surface area (Å²) >= 11 is 0. The summed E-state index contributed by atoms with van der Waals surface area (Å²) in [6.07, 6.45) is 3.65. The van der Waals surface area contributed by atoms with Gasteiger partial charge in [-0.1, -0.05) is 24.3 Å². The van der Waals surface area contributed by atoms with Crippen molar-refractivity contribution in [1.82, 2.24) is 4.98 Å². The van der Waals surface area contributed by atoms with Crippen LogP contribution >= 0.6 is 0 Å². The maximum Gasteiger partial charge on any atom is 0.231 e. The number of hydrogen-bond donors (Lipinski definition) is 0. The van der Waals surface area contributed by atoms with Gasteiger partial charge >= 0.3 is 0 Å². The zero-order valence-electron chi connectivity index (χ0n) is 14.1. The fourth-order valence-corrected chi connectivity index (χ4v) is 3.08. The minimum Gasteiger partial charge on any atom is -0.490 e. The summed E-state index contributed by atoms with van der Waals surface area (Å²) in [6.45, 7) is 1.01. The second-order valence-electron chi connectivity index (χ2n) is 6.13. The zero-order chi connectivity index (χ0) is 17.9. The summed E-state index contributed by atoms with van der Waals surface area (Å²) in [4.78, 5) is 18.8. The van der Waals surface area contributed by atoms with E-state index in [4.69, 9.17) is 4.74 Å². The molecule has 3 aromatic rings. The first-order valence-corrected chi connectivity index (χ1v) is 8.43. The Morgan fingerprint density at radius 3 is 2.73 bits per heavy atom. The number of ether oxygens (including phenoxy) is 1. The van der Waals surface area contributed by atoms with E-state index in [9.17, 15) is 9.18 Å². The van der Waals surface area contributed by atoms with Crippen LogP contribution in [0.5, 0.6) is 5.75 Å². The quantitative estimate of drug-likeness (QED) is 0.722. The number of fused-ring (bicyclic) bond motifs is 1. The van der Waals surface area contributed by atoms with Crippen molar-refractivity contribution in [2.24, 2.45) is 0 Å². The number of amides is 1.